The molecule has 7 nitrogen and oxygen atoms in total. The van der Waals surface area contributed by atoms with Crippen LogP contribution >= 0.6 is 22.7 Å². The van der Waals surface area contributed by atoms with Gasteiger partial charge in [-0.15, -0.1) is 22.7 Å². The fourth-order valence-electron chi connectivity index (χ4n) is 2.33. The van der Waals surface area contributed by atoms with Crippen molar-refractivity contribution >= 4 is 46.1 Å². The Bertz CT molecular complexity index is 983. The number of anilines is 1. The molecule has 0 bridgehead atoms. The summed E-state index contributed by atoms with van der Waals surface area (Å²) in [6, 6.07) is 10.4. The molecule has 0 aliphatic carbocycles. The molecule has 0 saturated carbocycles. The molecule has 3 aromatic rings. The molecule has 0 radical (unpaired) electrons. The Morgan fingerprint density at radius 3 is 2.75 bits per heavy atom. The quantitative estimate of drug-likeness (QED) is 0.578. The molecular weight excluding hydrogens is 398 g/mol. The molecule has 2 aromatic heterocycles. The summed E-state index contributed by atoms with van der Waals surface area (Å²) in [5, 5.41) is 9.73. The summed E-state index contributed by atoms with van der Waals surface area (Å²) in [6.07, 6.45) is 0.00130. The highest BCUT2D eigenvalue weighted by atomic mass is 32.1. The largest absolute Gasteiger partial charge is 0.455 e. The van der Waals surface area contributed by atoms with E-state index in [0.29, 0.717) is 16.9 Å². The number of thiophene rings is 1. The molecule has 2 amide bonds. The lowest BCUT2D eigenvalue weighted by Crippen LogP contribution is -2.22. The molecule has 9 heteroatoms. The topological polar surface area (TPSA) is 97.4 Å². The fraction of sp³-hybridized carbons (Fsp3) is 0.158. The number of carbonyl (C=O) groups excluding carboxylic acids is 3. The number of hydrogen-bond donors (Lipinski definition) is 2. The zero-order valence-corrected chi connectivity index (χ0v) is 16.6. The normalized spacial score (nSPS) is 10.3. The van der Waals surface area contributed by atoms with Gasteiger partial charge in [0.1, 0.15) is 5.01 Å². The van der Waals surface area contributed by atoms with E-state index in [1.165, 1.54) is 18.4 Å². The van der Waals surface area contributed by atoms with Crippen molar-refractivity contribution in [1.82, 2.24) is 10.3 Å². The van der Waals surface area contributed by atoms with Gasteiger partial charge in [0.2, 0.25) is 0 Å². The van der Waals surface area contributed by atoms with Crippen LogP contribution in [0, 0.1) is 0 Å². The van der Waals surface area contributed by atoms with Crippen LogP contribution in [0.15, 0.2) is 47.2 Å². The molecule has 28 heavy (non-hydrogen) atoms. The van der Waals surface area contributed by atoms with Crippen LogP contribution in [0.2, 0.25) is 0 Å². The smallest absolute Gasteiger partial charge is 0.312 e. The molecule has 0 aliphatic rings. The maximum Gasteiger partial charge on any atom is 0.312 e. The Hall–Kier alpha value is -3.04. The fourth-order valence-corrected chi connectivity index (χ4v) is 3.96. The second-order valence-electron chi connectivity index (χ2n) is 5.67. The first-order valence-corrected chi connectivity index (χ1v) is 10.1. The van der Waals surface area contributed by atoms with E-state index in [1.807, 2.05) is 17.5 Å². The number of amides is 2. The average Bonchev–Trinajstić information content (AvgIpc) is 3.37. The van der Waals surface area contributed by atoms with Crippen LogP contribution in [-0.4, -0.2) is 36.4 Å². The van der Waals surface area contributed by atoms with Gasteiger partial charge >= 0.3 is 5.97 Å². The predicted molar refractivity (Wildman–Crippen MR) is 109 cm³/mol. The average molecular weight is 415 g/mol. The first kappa shape index (κ1) is 19.7. The number of ether oxygens (including phenoxy) is 1. The summed E-state index contributed by atoms with van der Waals surface area (Å²) in [5.41, 5.74) is 1.47. The third-order valence-electron chi connectivity index (χ3n) is 3.61. The summed E-state index contributed by atoms with van der Waals surface area (Å²) in [6.45, 7) is -0.412. The number of benzene rings is 1. The van der Waals surface area contributed by atoms with Crippen LogP contribution in [0.4, 0.5) is 5.69 Å². The van der Waals surface area contributed by atoms with Crippen LogP contribution in [0.25, 0.3) is 9.88 Å². The van der Waals surface area contributed by atoms with Gasteiger partial charge in [-0.2, -0.15) is 0 Å². The predicted octanol–water partition coefficient (Wildman–Crippen LogP) is 2.96. The van der Waals surface area contributed by atoms with Gasteiger partial charge in [0.25, 0.3) is 11.8 Å². The Balaban J connectivity index is 1.48. The van der Waals surface area contributed by atoms with Gasteiger partial charge in [-0.1, -0.05) is 12.1 Å². The molecular formula is C19H17N3O4S2. The minimum absolute atomic E-state index is 0.00130. The van der Waals surface area contributed by atoms with Gasteiger partial charge in [-0.05, 0) is 29.6 Å². The Morgan fingerprint density at radius 2 is 2.00 bits per heavy atom. The lowest BCUT2D eigenvalue weighted by atomic mass is 10.2. The third kappa shape index (κ3) is 5.24. The van der Waals surface area contributed by atoms with E-state index < -0.39 is 18.5 Å². The van der Waals surface area contributed by atoms with E-state index in [1.54, 1.807) is 41.0 Å². The Kier molecular flexibility index (Phi) is 6.51. The van der Waals surface area contributed by atoms with Crippen LogP contribution in [0.5, 0.6) is 0 Å². The van der Waals surface area contributed by atoms with Gasteiger partial charge in [0, 0.05) is 23.7 Å². The highest BCUT2D eigenvalue weighted by Gasteiger charge is 2.13. The van der Waals surface area contributed by atoms with Crippen molar-refractivity contribution in [2.24, 2.45) is 0 Å². The van der Waals surface area contributed by atoms with Crippen molar-refractivity contribution in [2.45, 2.75) is 6.42 Å². The summed E-state index contributed by atoms with van der Waals surface area (Å²) >= 11 is 3.04. The molecule has 2 N–H and O–H groups in total. The molecule has 3 rings (SSSR count). The minimum atomic E-state index is -0.530. The van der Waals surface area contributed by atoms with E-state index in [-0.39, 0.29) is 12.3 Å². The minimum Gasteiger partial charge on any atom is -0.455 e. The van der Waals surface area contributed by atoms with Crippen LogP contribution in [0.1, 0.15) is 16.1 Å². The zero-order valence-electron chi connectivity index (χ0n) is 14.9. The lowest BCUT2D eigenvalue weighted by Gasteiger charge is -2.07. The summed E-state index contributed by atoms with van der Waals surface area (Å²) in [7, 11) is 1.53. The molecule has 0 fully saturated rings. The standard InChI is InChI=1S/C19H17N3O4S2/c1-20-18(25)12-4-2-5-13(8-12)21-16(23)10-26-17(24)9-14-11-28-19(22-14)15-6-3-7-27-15/h2-8,11H,9-10H2,1H3,(H,20,25)(H,21,23). The van der Waals surface area contributed by atoms with Gasteiger partial charge in [-0.25, -0.2) is 4.98 Å². The summed E-state index contributed by atoms with van der Waals surface area (Å²) in [4.78, 5) is 41.0. The molecule has 1 aromatic carbocycles. The highest BCUT2D eigenvalue weighted by molar-refractivity contribution is 7.20. The van der Waals surface area contributed by atoms with Crippen LogP contribution < -0.4 is 10.6 Å². The second kappa shape index (κ2) is 9.25. The van der Waals surface area contributed by atoms with Crippen LogP contribution in [-0.2, 0) is 20.7 Å². The number of carbonyl (C=O) groups is 3. The van der Waals surface area contributed by atoms with E-state index >= 15 is 0 Å². The maximum absolute atomic E-state index is 12.0. The lowest BCUT2D eigenvalue weighted by molar-refractivity contribution is -0.146. The molecule has 0 unspecified atom stereocenters. The number of hydrogen-bond acceptors (Lipinski definition) is 7. The second-order valence-corrected chi connectivity index (χ2v) is 7.47. The van der Waals surface area contributed by atoms with Crippen molar-refractivity contribution < 1.29 is 19.1 Å². The first-order chi connectivity index (χ1) is 13.5. The van der Waals surface area contributed by atoms with E-state index in [0.717, 1.165) is 9.88 Å². The summed E-state index contributed by atoms with van der Waals surface area (Å²) < 4.78 is 5.02. The monoisotopic (exact) mass is 415 g/mol. The maximum atomic E-state index is 12.0. The Morgan fingerprint density at radius 1 is 1.14 bits per heavy atom. The van der Waals surface area contributed by atoms with Crippen molar-refractivity contribution in [2.75, 3.05) is 19.0 Å². The summed E-state index contributed by atoms with van der Waals surface area (Å²) in [5.74, 6) is -1.27. The molecule has 0 spiro atoms. The molecule has 0 atom stereocenters. The van der Waals surface area contributed by atoms with Crippen LogP contribution in [0.3, 0.4) is 0 Å². The van der Waals surface area contributed by atoms with Crippen molar-refractivity contribution in [1.29, 1.82) is 0 Å². The number of nitrogens with one attached hydrogen (secondary N) is 2. The molecule has 2 heterocycles. The molecule has 0 saturated heterocycles. The van der Waals surface area contributed by atoms with Crippen molar-refractivity contribution in [3.63, 3.8) is 0 Å². The van der Waals surface area contributed by atoms with Gasteiger partial charge in [0.05, 0.1) is 17.0 Å². The van der Waals surface area contributed by atoms with Crippen molar-refractivity contribution in [3.05, 3.63) is 58.4 Å². The first-order valence-electron chi connectivity index (χ1n) is 8.31. The number of aromatic nitrogens is 1. The van der Waals surface area contributed by atoms with E-state index in [2.05, 4.69) is 15.6 Å². The van der Waals surface area contributed by atoms with Gasteiger partial charge < -0.3 is 15.4 Å². The zero-order chi connectivity index (χ0) is 19.9. The highest BCUT2D eigenvalue weighted by Crippen LogP contribution is 2.27. The Labute approximate surface area is 169 Å². The number of rotatable bonds is 7. The van der Waals surface area contributed by atoms with Gasteiger partial charge in [-0.3, -0.25) is 14.4 Å². The number of esters is 1. The molecule has 144 valence electrons. The molecule has 0 aliphatic heterocycles. The third-order valence-corrected chi connectivity index (χ3v) is 5.54. The number of nitrogens with zero attached hydrogens (tertiary/aromatic N) is 1. The van der Waals surface area contributed by atoms with Gasteiger partial charge in [0.15, 0.2) is 6.61 Å². The van der Waals surface area contributed by atoms with E-state index in [9.17, 15) is 14.4 Å². The SMILES string of the molecule is CNC(=O)c1cccc(NC(=O)COC(=O)Cc2csc(-c3cccs3)n2)c1. The number of thiazole rings is 1. The van der Waals surface area contributed by atoms with Crippen molar-refractivity contribution in [3.8, 4) is 9.88 Å². The van der Waals surface area contributed by atoms with E-state index in [4.69, 9.17) is 4.74 Å².